The molecule has 1 aliphatic rings. The molecule has 0 saturated carbocycles. The van der Waals surface area contributed by atoms with Crippen LogP contribution in [0.4, 0.5) is 0 Å². The Hall–Kier alpha value is -1.59. The molecular weight excluding hydrogens is 258 g/mol. The van der Waals surface area contributed by atoms with Gasteiger partial charge in [-0.05, 0) is 24.6 Å². The van der Waals surface area contributed by atoms with E-state index in [0.29, 0.717) is 13.2 Å². The highest BCUT2D eigenvalue weighted by Crippen LogP contribution is 2.26. The number of methoxy groups -OCH3 is 1. The maximum Gasteiger partial charge on any atom is 0.306 e. The molecule has 0 aliphatic carbocycles. The van der Waals surface area contributed by atoms with E-state index in [0.717, 1.165) is 12.3 Å². The van der Waals surface area contributed by atoms with Crippen molar-refractivity contribution in [1.82, 2.24) is 4.90 Å². The van der Waals surface area contributed by atoms with Crippen molar-refractivity contribution in [2.45, 2.75) is 25.5 Å². The predicted molar refractivity (Wildman–Crippen MR) is 75.0 cm³/mol. The lowest BCUT2D eigenvalue weighted by molar-refractivity contribution is -0.142. The van der Waals surface area contributed by atoms with E-state index >= 15 is 0 Å². The fraction of sp³-hybridized carbons (Fsp3) is 0.533. The third-order valence-corrected chi connectivity index (χ3v) is 3.70. The maximum absolute atomic E-state index is 10.8. The van der Waals surface area contributed by atoms with Gasteiger partial charge in [-0.15, -0.1) is 0 Å². The fourth-order valence-electron chi connectivity index (χ4n) is 2.52. The molecule has 0 aromatic heterocycles. The molecule has 1 saturated heterocycles. The molecule has 1 N–H and O–H groups in total. The van der Waals surface area contributed by atoms with Gasteiger partial charge in [-0.2, -0.15) is 0 Å². The van der Waals surface area contributed by atoms with Gasteiger partial charge >= 0.3 is 5.97 Å². The van der Waals surface area contributed by atoms with Crippen LogP contribution in [0.1, 0.15) is 24.9 Å². The van der Waals surface area contributed by atoms with Gasteiger partial charge in [-0.1, -0.05) is 12.1 Å². The van der Waals surface area contributed by atoms with E-state index in [9.17, 15) is 4.79 Å². The van der Waals surface area contributed by atoms with Crippen molar-refractivity contribution in [2.24, 2.45) is 0 Å². The molecule has 1 aromatic rings. The lowest BCUT2D eigenvalue weighted by Gasteiger charge is -2.36. The molecule has 0 amide bonds. The summed E-state index contributed by atoms with van der Waals surface area (Å²) in [6.07, 6.45) is -0.171. The molecule has 5 heteroatoms. The molecule has 2 atom stereocenters. The summed E-state index contributed by atoms with van der Waals surface area (Å²) >= 11 is 0. The molecule has 0 bridgehead atoms. The molecule has 110 valence electrons. The van der Waals surface area contributed by atoms with Crippen LogP contribution in [0, 0.1) is 0 Å². The van der Waals surface area contributed by atoms with Gasteiger partial charge in [0.25, 0.3) is 0 Å². The van der Waals surface area contributed by atoms with Crippen molar-refractivity contribution in [3.05, 3.63) is 29.8 Å². The Morgan fingerprint density at radius 2 is 2.40 bits per heavy atom. The highest BCUT2D eigenvalue weighted by atomic mass is 16.5. The first-order valence-electron chi connectivity index (χ1n) is 6.81. The first-order chi connectivity index (χ1) is 9.60. The third kappa shape index (κ3) is 3.71. The average molecular weight is 279 g/mol. The van der Waals surface area contributed by atoms with Gasteiger partial charge in [0.1, 0.15) is 5.75 Å². The molecule has 2 unspecified atom stereocenters. The number of nitrogens with zero attached hydrogens (tertiary/aromatic N) is 1. The van der Waals surface area contributed by atoms with Gasteiger partial charge in [-0.3, -0.25) is 9.69 Å². The number of hydrogen-bond acceptors (Lipinski definition) is 4. The monoisotopic (exact) mass is 279 g/mol. The minimum absolute atomic E-state index is 0.0569. The topological polar surface area (TPSA) is 59.0 Å². The van der Waals surface area contributed by atoms with Crippen molar-refractivity contribution >= 4 is 5.97 Å². The number of rotatable bonds is 5. The summed E-state index contributed by atoms with van der Waals surface area (Å²) in [5.74, 6) is 0.0237. The summed E-state index contributed by atoms with van der Waals surface area (Å²) < 4.78 is 10.7. The average Bonchev–Trinajstić information content (AvgIpc) is 2.46. The van der Waals surface area contributed by atoms with Gasteiger partial charge in [0, 0.05) is 19.1 Å². The Kier molecular flexibility index (Phi) is 4.98. The minimum atomic E-state index is -0.814. The lowest BCUT2D eigenvalue weighted by Crippen LogP contribution is -2.44. The molecule has 0 spiro atoms. The zero-order valence-electron chi connectivity index (χ0n) is 11.9. The number of hydrogen-bond donors (Lipinski definition) is 1. The zero-order chi connectivity index (χ0) is 14.5. The summed E-state index contributed by atoms with van der Waals surface area (Å²) in [5, 5.41) is 8.86. The molecule has 1 aliphatic heterocycles. The second kappa shape index (κ2) is 6.72. The fourth-order valence-corrected chi connectivity index (χ4v) is 2.52. The summed E-state index contributed by atoms with van der Waals surface area (Å²) in [6, 6.07) is 8.19. The molecule has 20 heavy (non-hydrogen) atoms. The van der Waals surface area contributed by atoms with E-state index in [2.05, 4.69) is 17.9 Å². The van der Waals surface area contributed by atoms with Crippen molar-refractivity contribution in [1.29, 1.82) is 0 Å². The quantitative estimate of drug-likeness (QED) is 0.892. The summed E-state index contributed by atoms with van der Waals surface area (Å²) in [6.45, 7) is 4.16. The first-order valence-corrected chi connectivity index (χ1v) is 6.81. The largest absolute Gasteiger partial charge is 0.497 e. The van der Waals surface area contributed by atoms with Crippen LogP contribution in [0.15, 0.2) is 24.3 Å². The second-order valence-corrected chi connectivity index (χ2v) is 5.04. The predicted octanol–water partition coefficient (Wildman–Crippen LogP) is 1.93. The van der Waals surface area contributed by atoms with E-state index in [1.54, 1.807) is 7.11 Å². The third-order valence-electron chi connectivity index (χ3n) is 3.70. The molecular formula is C15H21NO4. The Balaban J connectivity index is 2.03. The van der Waals surface area contributed by atoms with Gasteiger partial charge in [0.15, 0.2) is 0 Å². The van der Waals surface area contributed by atoms with Crippen LogP contribution in [-0.4, -0.2) is 48.9 Å². The number of benzene rings is 1. The number of carbonyl (C=O) groups is 1. The van der Waals surface area contributed by atoms with Crippen molar-refractivity contribution in [2.75, 3.05) is 26.8 Å². The second-order valence-electron chi connectivity index (χ2n) is 5.04. The van der Waals surface area contributed by atoms with E-state index in [1.807, 2.05) is 18.2 Å². The van der Waals surface area contributed by atoms with Gasteiger partial charge in [0.2, 0.25) is 0 Å². The first kappa shape index (κ1) is 14.8. The van der Waals surface area contributed by atoms with Crippen LogP contribution in [0.2, 0.25) is 0 Å². The zero-order valence-corrected chi connectivity index (χ0v) is 11.9. The van der Waals surface area contributed by atoms with Crippen molar-refractivity contribution in [3.63, 3.8) is 0 Å². The van der Waals surface area contributed by atoms with E-state index in [1.165, 1.54) is 5.56 Å². The minimum Gasteiger partial charge on any atom is -0.497 e. The van der Waals surface area contributed by atoms with Crippen LogP contribution in [0.3, 0.4) is 0 Å². The van der Waals surface area contributed by atoms with Crippen molar-refractivity contribution < 1.29 is 19.4 Å². The molecule has 1 heterocycles. The van der Waals surface area contributed by atoms with Gasteiger partial charge < -0.3 is 14.6 Å². The smallest absolute Gasteiger partial charge is 0.306 e. The van der Waals surface area contributed by atoms with Gasteiger partial charge in [0.05, 0.1) is 26.2 Å². The van der Waals surface area contributed by atoms with Crippen LogP contribution in [-0.2, 0) is 9.53 Å². The number of ether oxygens (including phenoxy) is 2. The number of carboxylic acids is 1. The number of morpholine rings is 1. The van der Waals surface area contributed by atoms with Crippen LogP contribution in [0.25, 0.3) is 0 Å². The van der Waals surface area contributed by atoms with E-state index < -0.39 is 5.97 Å². The van der Waals surface area contributed by atoms with E-state index in [-0.39, 0.29) is 18.6 Å². The Morgan fingerprint density at radius 3 is 3.10 bits per heavy atom. The summed E-state index contributed by atoms with van der Waals surface area (Å²) in [4.78, 5) is 13.0. The molecule has 1 fully saturated rings. The SMILES string of the molecule is COc1cccc(C(C)N2CCOC(CC(=O)O)C2)c1. The van der Waals surface area contributed by atoms with E-state index in [4.69, 9.17) is 14.6 Å². The van der Waals surface area contributed by atoms with Crippen LogP contribution < -0.4 is 4.74 Å². The van der Waals surface area contributed by atoms with Crippen LogP contribution >= 0.6 is 0 Å². The molecule has 0 radical (unpaired) electrons. The normalized spacial score (nSPS) is 21.4. The Bertz CT molecular complexity index is 463. The standard InChI is InChI=1S/C15H21NO4/c1-11(12-4-3-5-13(8-12)19-2)16-6-7-20-14(10-16)9-15(17)18/h3-5,8,11,14H,6-7,9-10H2,1-2H3,(H,17,18). The Labute approximate surface area is 119 Å². The van der Waals surface area contributed by atoms with Gasteiger partial charge in [-0.25, -0.2) is 0 Å². The highest BCUT2D eigenvalue weighted by molar-refractivity contribution is 5.67. The number of carboxylic acid groups (broad SMARTS) is 1. The summed E-state index contributed by atoms with van der Waals surface area (Å²) in [7, 11) is 1.65. The summed E-state index contributed by atoms with van der Waals surface area (Å²) in [5.41, 5.74) is 1.17. The molecule has 1 aromatic carbocycles. The molecule has 5 nitrogen and oxygen atoms in total. The maximum atomic E-state index is 10.8. The lowest BCUT2D eigenvalue weighted by atomic mass is 10.0. The molecule has 2 rings (SSSR count). The highest BCUT2D eigenvalue weighted by Gasteiger charge is 2.26. The van der Waals surface area contributed by atoms with Crippen LogP contribution in [0.5, 0.6) is 5.75 Å². The Morgan fingerprint density at radius 1 is 1.60 bits per heavy atom. The number of aliphatic carboxylic acids is 1. The van der Waals surface area contributed by atoms with Crippen molar-refractivity contribution in [3.8, 4) is 5.75 Å².